The van der Waals surface area contributed by atoms with E-state index in [2.05, 4.69) is 5.32 Å². The van der Waals surface area contributed by atoms with Crippen LogP contribution >= 0.6 is 12.4 Å². The number of amides is 1. The van der Waals surface area contributed by atoms with Crippen LogP contribution in [-0.2, 0) is 0 Å². The maximum absolute atomic E-state index is 12.7. The average molecular weight is 325 g/mol. The standard InChI is InChI=1S/C17H24N2O2.ClH/c1-13-3-4-14(11-15(13)21-2)16(20)19-10-7-17(12-19)5-8-18-9-6-17;/h3-4,11,18H,5-10,12H2,1-2H3;1H. The van der Waals surface area contributed by atoms with E-state index >= 15 is 0 Å². The summed E-state index contributed by atoms with van der Waals surface area (Å²) < 4.78 is 5.33. The zero-order valence-corrected chi connectivity index (χ0v) is 14.2. The molecular weight excluding hydrogens is 300 g/mol. The van der Waals surface area contributed by atoms with Crippen LogP contribution < -0.4 is 10.1 Å². The first-order valence-corrected chi connectivity index (χ1v) is 7.78. The highest BCUT2D eigenvalue weighted by Crippen LogP contribution is 2.39. The fourth-order valence-electron chi connectivity index (χ4n) is 3.61. The molecule has 0 aromatic heterocycles. The molecule has 0 unspecified atom stereocenters. The summed E-state index contributed by atoms with van der Waals surface area (Å²) in [5.74, 6) is 0.931. The van der Waals surface area contributed by atoms with Crippen LogP contribution in [0.1, 0.15) is 35.2 Å². The van der Waals surface area contributed by atoms with Crippen molar-refractivity contribution in [1.29, 1.82) is 0 Å². The third-order valence-corrected chi connectivity index (χ3v) is 5.04. The molecule has 0 radical (unpaired) electrons. The third-order valence-electron chi connectivity index (χ3n) is 5.04. The van der Waals surface area contributed by atoms with Crippen LogP contribution in [0.25, 0.3) is 0 Å². The lowest BCUT2D eigenvalue weighted by Gasteiger charge is -2.33. The first kappa shape index (κ1) is 17.1. The number of ether oxygens (including phenoxy) is 1. The Morgan fingerprint density at radius 2 is 2.00 bits per heavy atom. The third kappa shape index (κ3) is 3.23. The Morgan fingerprint density at radius 3 is 2.68 bits per heavy atom. The second kappa shape index (κ2) is 6.88. The molecule has 2 fully saturated rings. The summed E-state index contributed by atoms with van der Waals surface area (Å²) >= 11 is 0. The van der Waals surface area contributed by atoms with Gasteiger partial charge in [0.15, 0.2) is 0 Å². The fourth-order valence-corrected chi connectivity index (χ4v) is 3.61. The van der Waals surface area contributed by atoms with Crippen LogP contribution in [0.4, 0.5) is 0 Å². The van der Waals surface area contributed by atoms with Crippen LogP contribution in [0.3, 0.4) is 0 Å². The van der Waals surface area contributed by atoms with Crippen molar-refractivity contribution in [2.24, 2.45) is 5.41 Å². The molecule has 2 aliphatic rings. The van der Waals surface area contributed by atoms with Crippen molar-refractivity contribution in [3.05, 3.63) is 29.3 Å². The lowest BCUT2D eigenvalue weighted by Crippen LogP contribution is -2.39. The maximum atomic E-state index is 12.7. The molecule has 0 saturated carbocycles. The van der Waals surface area contributed by atoms with Crippen LogP contribution in [0.2, 0.25) is 0 Å². The molecule has 2 saturated heterocycles. The molecule has 3 rings (SSSR count). The molecule has 4 nitrogen and oxygen atoms in total. The number of piperidine rings is 1. The topological polar surface area (TPSA) is 41.6 Å². The van der Waals surface area contributed by atoms with E-state index in [9.17, 15) is 4.79 Å². The van der Waals surface area contributed by atoms with E-state index in [1.165, 1.54) is 12.8 Å². The summed E-state index contributed by atoms with van der Waals surface area (Å²) in [6, 6.07) is 5.74. The van der Waals surface area contributed by atoms with E-state index in [1.807, 2.05) is 30.0 Å². The zero-order valence-electron chi connectivity index (χ0n) is 13.4. The molecule has 0 atom stereocenters. The normalized spacial score (nSPS) is 19.8. The van der Waals surface area contributed by atoms with Gasteiger partial charge in [0.05, 0.1) is 7.11 Å². The lowest BCUT2D eigenvalue weighted by atomic mass is 9.78. The van der Waals surface area contributed by atoms with Crippen LogP contribution in [0, 0.1) is 12.3 Å². The second-order valence-corrected chi connectivity index (χ2v) is 6.41. The van der Waals surface area contributed by atoms with E-state index < -0.39 is 0 Å². The minimum Gasteiger partial charge on any atom is -0.496 e. The molecule has 1 aromatic carbocycles. The van der Waals surface area contributed by atoms with E-state index in [0.717, 1.165) is 49.5 Å². The summed E-state index contributed by atoms with van der Waals surface area (Å²) in [5.41, 5.74) is 2.16. The average Bonchev–Trinajstić information content (AvgIpc) is 2.91. The first-order chi connectivity index (χ1) is 10.1. The summed E-state index contributed by atoms with van der Waals surface area (Å²) in [7, 11) is 1.65. The molecule has 2 heterocycles. The highest BCUT2D eigenvalue weighted by atomic mass is 35.5. The van der Waals surface area contributed by atoms with Gasteiger partial charge in [-0.3, -0.25) is 4.79 Å². The molecule has 2 aliphatic heterocycles. The first-order valence-electron chi connectivity index (χ1n) is 7.78. The lowest BCUT2D eigenvalue weighted by molar-refractivity contribution is 0.0761. The molecule has 122 valence electrons. The molecule has 0 aliphatic carbocycles. The quantitative estimate of drug-likeness (QED) is 0.909. The van der Waals surface area contributed by atoms with E-state index in [0.29, 0.717) is 5.41 Å². The van der Waals surface area contributed by atoms with Crippen molar-refractivity contribution in [1.82, 2.24) is 10.2 Å². The van der Waals surface area contributed by atoms with Crippen molar-refractivity contribution in [3.63, 3.8) is 0 Å². The minimum absolute atomic E-state index is 0. The summed E-state index contributed by atoms with van der Waals surface area (Å²) in [6.07, 6.45) is 3.52. The number of carbonyl (C=O) groups is 1. The van der Waals surface area contributed by atoms with E-state index in [4.69, 9.17) is 4.74 Å². The van der Waals surface area contributed by atoms with Gasteiger partial charge >= 0.3 is 0 Å². The van der Waals surface area contributed by atoms with Crippen molar-refractivity contribution in [2.75, 3.05) is 33.3 Å². The number of benzene rings is 1. The van der Waals surface area contributed by atoms with Gasteiger partial charge in [0.1, 0.15) is 5.75 Å². The number of carbonyl (C=O) groups excluding carboxylic acids is 1. The van der Waals surface area contributed by atoms with Gasteiger partial charge in [-0.05, 0) is 62.4 Å². The van der Waals surface area contributed by atoms with Crippen LogP contribution in [0.15, 0.2) is 18.2 Å². The van der Waals surface area contributed by atoms with Gasteiger partial charge in [-0.2, -0.15) is 0 Å². The monoisotopic (exact) mass is 324 g/mol. The molecule has 1 amide bonds. The largest absolute Gasteiger partial charge is 0.496 e. The Balaban J connectivity index is 0.00000176. The second-order valence-electron chi connectivity index (χ2n) is 6.41. The number of halogens is 1. The predicted molar refractivity (Wildman–Crippen MR) is 90.0 cm³/mol. The summed E-state index contributed by atoms with van der Waals surface area (Å²) in [6.45, 7) is 5.95. The number of hydrogen-bond acceptors (Lipinski definition) is 3. The van der Waals surface area contributed by atoms with Gasteiger partial charge in [-0.15, -0.1) is 12.4 Å². The minimum atomic E-state index is 0. The Bertz CT molecular complexity index is 541. The van der Waals surface area contributed by atoms with Crippen molar-refractivity contribution < 1.29 is 9.53 Å². The zero-order chi connectivity index (χ0) is 14.9. The molecule has 1 N–H and O–H groups in total. The van der Waals surface area contributed by atoms with E-state index in [-0.39, 0.29) is 18.3 Å². The van der Waals surface area contributed by atoms with Crippen molar-refractivity contribution in [3.8, 4) is 5.75 Å². The van der Waals surface area contributed by atoms with Gasteiger partial charge in [0.2, 0.25) is 0 Å². The van der Waals surface area contributed by atoms with Crippen LogP contribution in [-0.4, -0.2) is 44.1 Å². The molecule has 22 heavy (non-hydrogen) atoms. The molecule has 0 bridgehead atoms. The van der Waals surface area contributed by atoms with E-state index in [1.54, 1.807) is 7.11 Å². The highest BCUT2D eigenvalue weighted by Gasteiger charge is 2.40. The smallest absolute Gasteiger partial charge is 0.254 e. The highest BCUT2D eigenvalue weighted by molar-refractivity contribution is 5.95. The molecule has 1 spiro atoms. The van der Waals surface area contributed by atoms with Gasteiger partial charge in [0.25, 0.3) is 5.91 Å². The summed E-state index contributed by atoms with van der Waals surface area (Å²) in [4.78, 5) is 14.7. The van der Waals surface area contributed by atoms with Crippen molar-refractivity contribution >= 4 is 18.3 Å². The predicted octanol–water partition coefficient (Wildman–Crippen LogP) is 2.64. The SMILES string of the molecule is COc1cc(C(=O)N2CCC3(CCNCC3)C2)ccc1C.Cl. The van der Waals surface area contributed by atoms with Gasteiger partial charge in [0, 0.05) is 18.7 Å². The molecule has 5 heteroatoms. The van der Waals surface area contributed by atoms with Gasteiger partial charge in [-0.1, -0.05) is 6.07 Å². The van der Waals surface area contributed by atoms with Gasteiger partial charge < -0.3 is 15.0 Å². The van der Waals surface area contributed by atoms with Crippen molar-refractivity contribution in [2.45, 2.75) is 26.2 Å². The number of nitrogens with one attached hydrogen (secondary N) is 1. The number of rotatable bonds is 2. The Labute approximate surface area is 138 Å². The summed E-state index contributed by atoms with van der Waals surface area (Å²) in [5, 5.41) is 3.41. The number of hydrogen-bond donors (Lipinski definition) is 1. The molecule has 1 aromatic rings. The van der Waals surface area contributed by atoms with Crippen LogP contribution in [0.5, 0.6) is 5.75 Å². The maximum Gasteiger partial charge on any atom is 0.254 e. The number of likely N-dealkylation sites (tertiary alicyclic amines) is 1. The Morgan fingerprint density at radius 1 is 1.27 bits per heavy atom. The Hall–Kier alpha value is -1.26. The fraction of sp³-hybridized carbons (Fsp3) is 0.588. The Kier molecular flexibility index (Phi) is 5.35. The number of nitrogens with zero attached hydrogens (tertiary/aromatic N) is 1. The van der Waals surface area contributed by atoms with Gasteiger partial charge in [-0.25, -0.2) is 0 Å². The number of aryl methyl sites for hydroxylation is 1. The molecular formula is C17H25ClN2O2. The number of methoxy groups -OCH3 is 1.